The molecule has 0 bridgehead atoms. The van der Waals surface area contributed by atoms with Gasteiger partial charge in [0.1, 0.15) is 5.69 Å². The lowest BCUT2D eigenvalue weighted by Gasteiger charge is -2.12. The van der Waals surface area contributed by atoms with Gasteiger partial charge in [-0.05, 0) is 46.2 Å². The predicted octanol–water partition coefficient (Wildman–Crippen LogP) is 2.51. The molecule has 0 saturated heterocycles. The first-order valence-corrected chi connectivity index (χ1v) is 9.28. The van der Waals surface area contributed by atoms with Gasteiger partial charge < -0.3 is 10.1 Å². The maximum absolute atomic E-state index is 12.1. The lowest BCUT2D eigenvalue weighted by atomic mass is 10.2. The van der Waals surface area contributed by atoms with Gasteiger partial charge >= 0.3 is 0 Å². The van der Waals surface area contributed by atoms with Crippen molar-refractivity contribution in [2.45, 2.75) is 51.2 Å². The third kappa shape index (κ3) is 6.42. The van der Waals surface area contributed by atoms with Crippen LogP contribution in [0.25, 0.3) is 0 Å². The Bertz CT molecular complexity index is 659. The standard InChI is InChI=1S/C15H25N3O5S/c1-11(2)17-24(21,22)13-6-7-14(15(10-13)18(19)20)16-8-5-9-23-12(3)4/h6-7,10-12,16-17H,5,8-9H2,1-4H3. The minimum absolute atomic E-state index is 0.128. The summed E-state index contributed by atoms with van der Waals surface area (Å²) in [5.74, 6) is 0. The van der Waals surface area contributed by atoms with Crippen LogP contribution in [-0.4, -0.2) is 38.6 Å². The molecule has 9 heteroatoms. The molecule has 8 nitrogen and oxygen atoms in total. The smallest absolute Gasteiger partial charge is 0.293 e. The summed E-state index contributed by atoms with van der Waals surface area (Å²) in [5, 5.41) is 14.2. The molecule has 136 valence electrons. The van der Waals surface area contributed by atoms with Crippen LogP contribution in [0.3, 0.4) is 0 Å². The summed E-state index contributed by atoms with van der Waals surface area (Å²) in [6, 6.07) is 3.53. The van der Waals surface area contributed by atoms with Crippen molar-refractivity contribution in [1.29, 1.82) is 0 Å². The van der Waals surface area contributed by atoms with Crippen molar-refractivity contribution < 1.29 is 18.1 Å². The summed E-state index contributed by atoms with van der Waals surface area (Å²) < 4.78 is 32.0. The molecule has 0 saturated carbocycles. The van der Waals surface area contributed by atoms with Crippen LogP contribution in [0.2, 0.25) is 0 Å². The number of benzene rings is 1. The Morgan fingerprint density at radius 2 is 1.92 bits per heavy atom. The van der Waals surface area contributed by atoms with Crippen LogP contribution in [0.4, 0.5) is 11.4 Å². The Morgan fingerprint density at radius 1 is 1.25 bits per heavy atom. The van der Waals surface area contributed by atoms with Crippen molar-refractivity contribution in [3.8, 4) is 0 Å². The molecule has 1 aromatic carbocycles. The highest BCUT2D eigenvalue weighted by atomic mass is 32.2. The first-order chi connectivity index (χ1) is 11.1. The molecule has 0 aliphatic rings. The molecule has 1 rings (SSSR count). The number of ether oxygens (including phenoxy) is 1. The Hall–Kier alpha value is -1.71. The molecule has 0 unspecified atom stereocenters. The van der Waals surface area contributed by atoms with E-state index >= 15 is 0 Å². The summed E-state index contributed by atoms with van der Waals surface area (Å²) in [7, 11) is -3.77. The van der Waals surface area contributed by atoms with Crippen LogP contribution >= 0.6 is 0 Å². The molecule has 0 atom stereocenters. The van der Waals surface area contributed by atoms with Gasteiger partial charge in [0.15, 0.2) is 0 Å². The zero-order valence-corrected chi connectivity index (χ0v) is 15.2. The van der Waals surface area contributed by atoms with E-state index in [2.05, 4.69) is 10.0 Å². The minimum atomic E-state index is -3.77. The lowest BCUT2D eigenvalue weighted by molar-refractivity contribution is -0.384. The SMILES string of the molecule is CC(C)NS(=O)(=O)c1ccc(NCCCOC(C)C)c([N+](=O)[O-])c1. The molecule has 24 heavy (non-hydrogen) atoms. The third-order valence-electron chi connectivity index (χ3n) is 2.95. The van der Waals surface area contributed by atoms with Crippen molar-refractivity contribution in [1.82, 2.24) is 4.72 Å². The highest BCUT2D eigenvalue weighted by molar-refractivity contribution is 7.89. The molecule has 0 aliphatic heterocycles. The van der Waals surface area contributed by atoms with Gasteiger partial charge in [-0.1, -0.05) is 0 Å². The number of hydrogen-bond donors (Lipinski definition) is 2. The van der Waals surface area contributed by atoms with Crippen molar-refractivity contribution in [3.05, 3.63) is 28.3 Å². The van der Waals surface area contributed by atoms with E-state index < -0.39 is 14.9 Å². The van der Waals surface area contributed by atoms with Gasteiger partial charge in [0.2, 0.25) is 10.0 Å². The molecule has 0 amide bonds. The number of hydrogen-bond acceptors (Lipinski definition) is 6. The molecule has 2 N–H and O–H groups in total. The summed E-state index contributed by atoms with van der Waals surface area (Å²) in [6.07, 6.45) is 0.821. The topological polar surface area (TPSA) is 111 Å². The van der Waals surface area contributed by atoms with E-state index in [0.717, 1.165) is 6.07 Å². The van der Waals surface area contributed by atoms with E-state index in [4.69, 9.17) is 4.74 Å². The van der Waals surface area contributed by atoms with E-state index in [1.807, 2.05) is 13.8 Å². The summed E-state index contributed by atoms with van der Waals surface area (Å²) in [5.41, 5.74) is 0.0134. The molecular formula is C15H25N3O5S. The van der Waals surface area contributed by atoms with E-state index in [1.54, 1.807) is 13.8 Å². The monoisotopic (exact) mass is 359 g/mol. The van der Waals surface area contributed by atoms with Gasteiger partial charge in [0.05, 0.1) is 15.9 Å². The summed E-state index contributed by atoms with van der Waals surface area (Å²) >= 11 is 0. The second-order valence-corrected chi connectivity index (χ2v) is 7.63. The number of nitro benzene ring substituents is 1. The molecule has 0 aliphatic carbocycles. The van der Waals surface area contributed by atoms with Crippen LogP contribution in [0, 0.1) is 10.1 Å². The quantitative estimate of drug-likeness (QED) is 0.377. The molecular weight excluding hydrogens is 334 g/mol. The Kier molecular flexibility index (Phi) is 7.59. The van der Waals surface area contributed by atoms with Crippen molar-refractivity contribution in [3.63, 3.8) is 0 Å². The van der Waals surface area contributed by atoms with Gasteiger partial charge in [0, 0.05) is 25.3 Å². The fourth-order valence-electron chi connectivity index (χ4n) is 1.97. The predicted molar refractivity (Wildman–Crippen MR) is 92.7 cm³/mol. The highest BCUT2D eigenvalue weighted by Gasteiger charge is 2.21. The maximum Gasteiger partial charge on any atom is 0.293 e. The first-order valence-electron chi connectivity index (χ1n) is 7.79. The van der Waals surface area contributed by atoms with Crippen LogP contribution in [0.15, 0.2) is 23.1 Å². The zero-order valence-electron chi connectivity index (χ0n) is 14.4. The van der Waals surface area contributed by atoms with Gasteiger partial charge in [-0.15, -0.1) is 0 Å². The van der Waals surface area contributed by atoms with E-state index in [1.165, 1.54) is 12.1 Å². The van der Waals surface area contributed by atoms with Gasteiger partial charge in [-0.3, -0.25) is 10.1 Å². The van der Waals surface area contributed by atoms with Crippen LogP contribution < -0.4 is 10.0 Å². The molecule has 0 radical (unpaired) electrons. The highest BCUT2D eigenvalue weighted by Crippen LogP contribution is 2.27. The Morgan fingerprint density at radius 3 is 2.46 bits per heavy atom. The zero-order chi connectivity index (χ0) is 18.3. The van der Waals surface area contributed by atoms with Gasteiger partial charge in [-0.25, -0.2) is 13.1 Å². The molecule has 0 heterocycles. The lowest BCUT2D eigenvalue weighted by Crippen LogP contribution is -2.30. The van der Waals surface area contributed by atoms with Crippen molar-refractivity contribution >= 4 is 21.4 Å². The van der Waals surface area contributed by atoms with Crippen LogP contribution in [-0.2, 0) is 14.8 Å². The Balaban J connectivity index is 2.86. The van der Waals surface area contributed by atoms with Crippen LogP contribution in [0.1, 0.15) is 34.1 Å². The first kappa shape index (κ1) is 20.3. The second kappa shape index (κ2) is 8.95. The normalized spacial score (nSPS) is 11.9. The number of nitrogens with one attached hydrogen (secondary N) is 2. The average Bonchev–Trinajstić information content (AvgIpc) is 2.45. The molecule has 0 fully saturated rings. The molecule has 0 spiro atoms. The van der Waals surface area contributed by atoms with Crippen molar-refractivity contribution in [2.75, 3.05) is 18.5 Å². The van der Waals surface area contributed by atoms with Crippen LogP contribution in [0.5, 0.6) is 0 Å². The second-order valence-electron chi connectivity index (χ2n) is 5.91. The van der Waals surface area contributed by atoms with Crippen molar-refractivity contribution in [2.24, 2.45) is 0 Å². The number of nitro groups is 1. The fourth-order valence-corrected chi connectivity index (χ4v) is 3.24. The minimum Gasteiger partial charge on any atom is -0.379 e. The fraction of sp³-hybridized carbons (Fsp3) is 0.600. The number of sulfonamides is 1. The van der Waals surface area contributed by atoms with E-state index in [9.17, 15) is 18.5 Å². The maximum atomic E-state index is 12.1. The number of anilines is 1. The number of rotatable bonds is 10. The van der Waals surface area contributed by atoms with E-state index in [0.29, 0.717) is 19.6 Å². The van der Waals surface area contributed by atoms with Gasteiger partial charge in [-0.2, -0.15) is 0 Å². The van der Waals surface area contributed by atoms with Gasteiger partial charge in [0.25, 0.3) is 5.69 Å². The Labute approximate surface area is 142 Å². The third-order valence-corrected chi connectivity index (χ3v) is 4.61. The molecule has 1 aromatic rings. The number of nitrogens with zero attached hydrogens (tertiary/aromatic N) is 1. The largest absolute Gasteiger partial charge is 0.379 e. The van der Waals surface area contributed by atoms with E-state index in [-0.39, 0.29) is 28.4 Å². The average molecular weight is 359 g/mol. The molecule has 0 aromatic heterocycles. The summed E-state index contributed by atoms with van der Waals surface area (Å²) in [6.45, 7) is 8.26. The summed E-state index contributed by atoms with van der Waals surface area (Å²) in [4.78, 5) is 10.5.